The molecule has 2 radical (unpaired) electrons. The maximum Gasteiger partial charge on any atom is -0.0184 e. The van der Waals surface area contributed by atoms with Crippen LogP contribution < -0.4 is 0 Å². The lowest BCUT2D eigenvalue weighted by Crippen LogP contribution is -1.59. The van der Waals surface area contributed by atoms with Gasteiger partial charge in [0.1, 0.15) is 0 Å². The van der Waals surface area contributed by atoms with E-state index >= 15 is 0 Å². The van der Waals surface area contributed by atoms with Crippen molar-refractivity contribution in [3.8, 4) is 0 Å². The third-order valence-corrected chi connectivity index (χ3v) is 1.21. The van der Waals surface area contributed by atoms with E-state index in [1.165, 1.54) is 12.8 Å². The second kappa shape index (κ2) is 9.22. The Morgan fingerprint density at radius 1 is 1.18 bits per heavy atom. The number of unbranched alkanes of at least 4 members (excludes halogenated alkanes) is 2. The molecule has 0 atom stereocenters. The highest BCUT2D eigenvalue weighted by molar-refractivity contribution is 4.97. The number of hydrogen-bond donors (Lipinski definition) is 0. The molecule has 0 unspecified atom stereocenters. The molecule has 0 saturated carbocycles. The predicted molar refractivity (Wildman–Crippen MR) is 50.2 cm³/mol. The zero-order valence-corrected chi connectivity index (χ0v) is 7.22. The van der Waals surface area contributed by atoms with Crippen LogP contribution in [0.3, 0.4) is 0 Å². The van der Waals surface area contributed by atoms with E-state index in [1.807, 2.05) is 30.3 Å². The predicted octanol–water partition coefficient (Wildman–Crippen LogP) is 3.50. The maximum atomic E-state index is 3.68. The average molecular weight is 148 g/mol. The Balaban J connectivity index is 0.000000187. The highest BCUT2D eigenvalue weighted by Crippen LogP contribution is 1.87. The molecule has 1 aromatic rings. The molecule has 0 nitrogen and oxygen atoms in total. The van der Waals surface area contributed by atoms with Crippen LogP contribution >= 0.6 is 0 Å². The normalized spacial score (nSPS) is 8.18. The summed E-state index contributed by atoms with van der Waals surface area (Å²) in [5, 5.41) is 0. The summed E-state index contributed by atoms with van der Waals surface area (Å²) < 4.78 is 0. The molecule has 1 aromatic carbocycles. The van der Waals surface area contributed by atoms with Gasteiger partial charge in [0.15, 0.2) is 0 Å². The van der Waals surface area contributed by atoms with Gasteiger partial charge in [-0.3, -0.25) is 0 Å². The third kappa shape index (κ3) is 9.22. The van der Waals surface area contributed by atoms with Crippen molar-refractivity contribution in [1.29, 1.82) is 0 Å². The molecule has 0 amide bonds. The van der Waals surface area contributed by atoms with Crippen LogP contribution in [0.1, 0.15) is 26.2 Å². The fraction of sp³-hybridized carbons (Fsp3) is 0.364. The first-order valence-electron chi connectivity index (χ1n) is 4.12. The minimum absolute atomic E-state index is 1.09. The summed E-state index contributed by atoms with van der Waals surface area (Å²) in [6.45, 7) is 5.85. The summed E-state index contributed by atoms with van der Waals surface area (Å²) >= 11 is 0. The molecular formula is C11H16. The lowest BCUT2D eigenvalue weighted by Gasteiger charge is -1.79. The molecule has 0 aliphatic rings. The van der Waals surface area contributed by atoms with Gasteiger partial charge in [0.2, 0.25) is 0 Å². The summed E-state index contributed by atoms with van der Waals surface area (Å²) in [7, 11) is 0. The van der Waals surface area contributed by atoms with Gasteiger partial charge in [-0.15, -0.1) is 0 Å². The molecule has 0 N–H and O–H groups in total. The highest BCUT2D eigenvalue weighted by Gasteiger charge is 1.68. The Hall–Kier alpha value is -0.780. The van der Waals surface area contributed by atoms with Crippen molar-refractivity contribution < 1.29 is 0 Å². The quantitative estimate of drug-likeness (QED) is 0.602. The molecule has 0 spiro atoms. The first-order chi connectivity index (χ1) is 5.41. The number of rotatable bonds is 2. The van der Waals surface area contributed by atoms with E-state index in [1.54, 1.807) is 0 Å². The Labute approximate surface area is 70.3 Å². The van der Waals surface area contributed by atoms with E-state index in [9.17, 15) is 0 Å². The fourth-order valence-electron chi connectivity index (χ4n) is 0.592. The molecule has 11 heavy (non-hydrogen) atoms. The molecule has 0 bridgehead atoms. The molecule has 0 aliphatic heterocycles. The molecule has 60 valence electrons. The van der Waals surface area contributed by atoms with Gasteiger partial charge in [-0.1, -0.05) is 63.4 Å². The second-order valence-electron chi connectivity index (χ2n) is 2.28. The SMILES string of the molecule is [CH2]CCCC.[c]1ccccc1. The minimum Gasteiger partial charge on any atom is -0.0654 e. The maximum absolute atomic E-state index is 3.68. The second-order valence-corrected chi connectivity index (χ2v) is 2.28. The van der Waals surface area contributed by atoms with E-state index in [0.29, 0.717) is 0 Å². The zero-order chi connectivity index (χ0) is 8.36. The van der Waals surface area contributed by atoms with Gasteiger partial charge in [-0.25, -0.2) is 0 Å². The summed E-state index contributed by atoms with van der Waals surface area (Å²) in [6, 6.07) is 12.5. The van der Waals surface area contributed by atoms with Gasteiger partial charge in [-0.05, 0) is 6.07 Å². The third-order valence-electron chi connectivity index (χ3n) is 1.21. The van der Waals surface area contributed by atoms with Crippen molar-refractivity contribution in [2.45, 2.75) is 26.2 Å². The standard InChI is InChI=1S/C6H5.C5H11/c1-2-4-6-5-3-1;1-3-5-4-2/h1-5H;1,3-5H2,2H3. The summed E-state index contributed by atoms with van der Waals surface area (Å²) in [4.78, 5) is 0. The first kappa shape index (κ1) is 10.2. The lowest BCUT2D eigenvalue weighted by atomic mass is 10.3. The smallest absolute Gasteiger partial charge is 0.0184 e. The molecule has 1 rings (SSSR count). The van der Waals surface area contributed by atoms with Crippen molar-refractivity contribution in [2.24, 2.45) is 0 Å². The summed E-state index contributed by atoms with van der Waals surface area (Å²) in [5.41, 5.74) is 0. The fourth-order valence-corrected chi connectivity index (χ4v) is 0.592. The molecule has 0 saturated heterocycles. The van der Waals surface area contributed by atoms with Crippen LogP contribution in [0.5, 0.6) is 0 Å². The van der Waals surface area contributed by atoms with Gasteiger partial charge in [-0.2, -0.15) is 0 Å². The largest absolute Gasteiger partial charge is 0.0654 e. The molecular weight excluding hydrogens is 132 g/mol. The van der Waals surface area contributed by atoms with Crippen LogP contribution in [0.15, 0.2) is 30.3 Å². The lowest BCUT2D eigenvalue weighted by molar-refractivity contribution is 0.813. The van der Waals surface area contributed by atoms with E-state index in [2.05, 4.69) is 19.9 Å². The van der Waals surface area contributed by atoms with Crippen molar-refractivity contribution in [1.82, 2.24) is 0 Å². The molecule has 0 aromatic heterocycles. The van der Waals surface area contributed by atoms with Crippen LogP contribution in [0.25, 0.3) is 0 Å². The van der Waals surface area contributed by atoms with Crippen LogP contribution in [0.2, 0.25) is 0 Å². The van der Waals surface area contributed by atoms with Crippen LogP contribution in [0, 0.1) is 13.0 Å². The topological polar surface area (TPSA) is 0 Å². The van der Waals surface area contributed by atoms with Crippen molar-refractivity contribution >= 4 is 0 Å². The van der Waals surface area contributed by atoms with E-state index in [-0.39, 0.29) is 0 Å². The van der Waals surface area contributed by atoms with Crippen LogP contribution in [0.4, 0.5) is 0 Å². The van der Waals surface area contributed by atoms with E-state index in [0.717, 1.165) is 6.42 Å². The van der Waals surface area contributed by atoms with Gasteiger partial charge in [0.05, 0.1) is 0 Å². The Bertz CT molecular complexity index is 103. The number of hydrogen-bond acceptors (Lipinski definition) is 0. The van der Waals surface area contributed by atoms with Crippen LogP contribution in [-0.4, -0.2) is 0 Å². The summed E-state index contributed by atoms with van der Waals surface area (Å²) in [5.74, 6) is 0. The zero-order valence-electron chi connectivity index (χ0n) is 7.22. The number of benzene rings is 1. The van der Waals surface area contributed by atoms with E-state index < -0.39 is 0 Å². The van der Waals surface area contributed by atoms with Crippen LogP contribution in [-0.2, 0) is 0 Å². The van der Waals surface area contributed by atoms with Gasteiger partial charge in [0.25, 0.3) is 0 Å². The van der Waals surface area contributed by atoms with Crippen molar-refractivity contribution in [3.63, 3.8) is 0 Å². The van der Waals surface area contributed by atoms with Crippen molar-refractivity contribution in [3.05, 3.63) is 43.3 Å². The summed E-state index contributed by atoms with van der Waals surface area (Å²) in [6.07, 6.45) is 3.65. The van der Waals surface area contributed by atoms with Gasteiger partial charge < -0.3 is 0 Å². The van der Waals surface area contributed by atoms with Crippen molar-refractivity contribution in [2.75, 3.05) is 0 Å². The first-order valence-corrected chi connectivity index (χ1v) is 4.12. The Morgan fingerprint density at radius 2 is 1.82 bits per heavy atom. The minimum atomic E-state index is 1.09. The van der Waals surface area contributed by atoms with Gasteiger partial charge >= 0.3 is 0 Å². The molecule has 0 fully saturated rings. The Morgan fingerprint density at radius 3 is 1.91 bits per heavy atom. The molecule has 0 heterocycles. The molecule has 0 aliphatic carbocycles. The van der Waals surface area contributed by atoms with Gasteiger partial charge in [0, 0.05) is 0 Å². The Kier molecular flexibility index (Phi) is 8.57. The monoisotopic (exact) mass is 148 g/mol. The average Bonchev–Trinajstić information content (AvgIpc) is 2.10. The van der Waals surface area contributed by atoms with E-state index in [4.69, 9.17) is 0 Å². The molecule has 0 heteroatoms. The highest BCUT2D eigenvalue weighted by atomic mass is 13.7.